The molecule has 94 valence electrons. The molecule has 2 nitrogen and oxygen atoms in total. The number of hydrogen-bond acceptors (Lipinski definition) is 2. The first kappa shape index (κ1) is 13.9. The molecule has 2 N–H and O–H groups in total. The highest BCUT2D eigenvalue weighted by molar-refractivity contribution is 7.80. The van der Waals surface area contributed by atoms with Crippen LogP contribution in [-0.4, -0.2) is 29.5 Å². The first-order valence-corrected chi connectivity index (χ1v) is 6.56. The van der Waals surface area contributed by atoms with Gasteiger partial charge in [0.05, 0.1) is 4.99 Å². The van der Waals surface area contributed by atoms with E-state index < -0.39 is 0 Å². The lowest BCUT2D eigenvalue weighted by atomic mass is 9.86. The Morgan fingerprint density at radius 1 is 1.44 bits per heavy atom. The largest absolute Gasteiger partial charge is 0.393 e. The van der Waals surface area contributed by atoms with E-state index in [4.69, 9.17) is 18.0 Å². The maximum absolute atomic E-state index is 5.67. The van der Waals surface area contributed by atoms with Crippen molar-refractivity contribution in [1.29, 1.82) is 0 Å². The van der Waals surface area contributed by atoms with Crippen molar-refractivity contribution in [2.75, 3.05) is 13.6 Å². The second-order valence-corrected chi connectivity index (χ2v) is 7.12. The van der Waals surface area contributed by atoms with Gasteiger partial charge in [-0.25, -0.2) is 0 Å². The van der Waals surface area contributed by atoms with Crippen LogP contribution in [0.2, 0.25) is 0 Å². The smallest absolute Gasteiger partial charge is 0.0733 e. The lowest BCUT2D eigenvalue weighted by Crippen LogP contribution is -2.42. The highest BCUT2D eigenvalue weighted by Gasteiger charge is 2.44. The van der Waals surface area contributed by atoms with Crippen molar-refractivity contribution >= 4 is 17.2 Å². The molecule has 0 aliphatic heterocycles. The van der Waals surface area contributed by atoms with E-state index in [9.17, 15) is 0 Å². The lowest BCUT2D eigenvalue weighted by Gasteiger charge is -2.37. The topological polar surface area (TPSA) is 29.3 Å². The summed E-state index contributed by atoms with van der Waals surface area (Å²) in [6, 6.07) is 0.580. The minimum atomic E-state index is 0.327. The van der Waals surface area contributed by atoms with Gasteiger partial charge >= 0.3 is 0 Å². The van der Waals surface area contributed by atoms with Gasteiger partial charge < -0.3 is 10.6 Å². The molecule has 1 atom stereocenters. The van der Waals surface area contributed by atoms with Crippen molar-refractivity contribution in [2.45, 2.75) is 53.0 Å². The Kier molecular flexibility index (Phi) is 4.01. The van der Waals surface area contributed by atoms with E-state index in [1.54, 1.807) is 0 Å². The Bertz CT molecular complexity index is 264. The molecule has 0 spiro atoms. The minimum Gasteiger partial charge on any atom is -0.393 e. The zero-order valence-electron chi connectivity index (χ0n) is 11.3. The Morgan fingerprint density at radius 3 is 2.25 bits per heavy atom. The average Bonchev–Trinajstić information content (AvgIpc) is 2.80. The number of nitrogens with zero attached hydrogens (tertiary/aromatic N) is 1. The summed E-state index contributed by atoms with van der Waals surface area (Å²) in [4.78, 5) is 3.14. The number of thiocarbonyl (C=S) groups is 1. The van der Waals surface area contributed by atoms with E-state index in [1.807, 2.05) is 0 Å². The molecule has 0 saturated heterocycles. The average molecular weight is 242 g/mol. The van der Waals surface area contributed by atoms with Gasteiger partial charge in [0.2, 0.25) is 0 Å². The van der Waals surface area contributed by atoms with Crippen molar-refractivity contribution in [3.63, 3.8) is 0 Å². The molecule has 0 radical (unpaired) electrons. The summed E-state index contributed by atoms with van der Waals surface area (Å²) in [6.07, 6.45) is 3.49. The van der Waals surface area contributed by atoms with Crippen LogP contribution in [0.3, 0.4) is 0 Å². The van der Waals surface area contributed by atoms with Crippen molar-refractivity contribution in [1.82, 2.24) is 4.90 Å². The van der Waals surface area contributed by atoms with Gasteiger partial charge in [-0.1, -0.05) is 33.0 Å². The highest BCUT2D eigenvalue weighted by Crippen LogP contribution is 2.49. The molecular weight excluding hydrogens is 216 g/mol. The molecule has 0 heterocycles. The summed E-state index contributed by atoms with van der Waals surface area (Å²) in [5, 5.41) is 0. The SMILES string of the molecule is CC(N(C)CC1(CC(N)=S)CC1)C(C)(C)C. The van der Waals surface area contributed by atoms with Gasteiger partial charge in [-0.05, 0) is 37.6 Å². The summed E-state index contributed by atoms with van der Waals surface area (Å²) in [6.45, 7) is 10.3. The zero-order chi connectivity index (χ0) is 12.6. The van der Waals surface area contributed by atoms with Crippen LogP contribution in [0.15, 0.2) is 0 Å². The van der Waals surface area contributed by atoms with Crippen molar-refractivity contribution in [3.05, 3.63) is 0 Å². The Morgan fingerprint density at radius 2 is 1.94 bits per heavy atom. The summed E-state index contributed by atoms with van der Waals surface area (Å²) in [5.74, 6) is 0. The number of hydrogen-bond donors (Lipinski definition) is 1. The van der Waals surface area contributed by atoms with Gasteiger partial charge in [0.1, 0.15) is 0 Å². The van der Waals surface area contributed by atoms with Crippen LogP contribution in [0, 0.1) is 10.8 Å². The third kappa shape index (κ3) is 3.70. The van der Waals surface area contributed by atoms with E-state index in [0.29, 0.717) is 21.9 Å². The molecule has 1 aliphatic carbocycles. The zero-order valence-corrected chi connectivity index (χ0v) is 12.2. The fraction of sp³-hybridized carbons (Fsp3) is 0.923. The standard InChI is InChI=1S/C13H26N2S/c1-10(12(2,3)4)15(5)9-13(6-7-13)8-11(14)16/h10H,6-9H2,1-5H3,(H2,14,16). The van der Waals surface area contributed by atoms with Crippen molar-refractivity contribution < 1.29 is 0 Å². The van der Waals surface area contributed by atoms with Crippen LogP contribution in [0.25, 0.3) is 0 Å². The molecule has 0 aromatic carbocycles. The summed E-state index contributed by atoms with van der Waals surface area (Å²) < 4.78 is 0. The maximum Gasteiger partial charge on any atom is 0.0733 e. The molecule has 1 unspecified atom stereocenters. The third-order valence-electron chi connectivity index (χ3n) is 4.01. The van der Waals surface area contributed by atoms with Gasteiger partial charge in [-0.2, -0.15) is 0 Å². The minimum absolute atomic E-state index is 0.327. The Labute approximate surface area is 106 Å². The summed E-state index contributed by atoms with van der Waals surface area (Å²) in [7, 11) is 2.22. The normalized spacial score (nSPS) is 20.9. The number of rotatable bonds is 5. The van der Waals surface area contributed by atoms with Crippen molar-refractivity contribution in [3.8, 4) is 0 Å². The molecule has 0 aromatic heterocycles. The highest BCUT2D eigenvalue weighted by atomic mass is 32.1. The summed E-state index contributed by atoms with van der Waals surface area (Å²) >= 11 is 5.03. The second-order valence-electron chi connectivity index (χ2n) is 6.60. The van der Waals surface area contributed by atoms with E-state index in [1.165, 1.54) is 12.8 Å². The molecule has 1 aliphatic rings. The molecular formula is C13H26N2S. The first-order valence-electron chi connectivity index (χ1n) is 6.15. The monoisotopic (exact) mass is 242 g/mol. The van der Waals surface area contributed by atoms with E-state index >= 15 is 0 Å². The molecule has 0 aromatic rings. The molecule has 1 fully saturated rings. The van der Waals surface area contributed by atoms with Crippen LogP contribution >= 0.6 is 12.2 Å². The van der Waals surface area contributed by atoms with E-state index in [0.717, 1.165) is 13.0 Å². The van der Waals surface area contributed by atoms with Crippen molar-refractivity contribution in [2.24, 2.45) is 16.6 Å². The van der Waals surface area contributed by atoms with Crippen LogP contribution < -0.4 is 5.73 Å². The third-order valence-corrected chi connectivity index (χ3v) is 4.15. The predicted octanol–water partition coefficient (Wildman–Crippen LogP) is 2.81. The van der Waals surface area contributed by atoms with Crippen LogP contribution in [0.1, 0.15) is 47.0 Å². The van der Waals surface area contributed by atoms with Gasteiger partial charge in [0.25, 0.3) is 0 Å². The van der Waals surface area contributed by atoms with Crippen LogP contribution in [0.5, 0.6) is 0 Å². The van der Waals surface area contributed by atoms with Gasteiger partial charge in [-0.3, -0.25) is 0 Å². The quantitative estimate of drug-likeness (QED) is 0.752. The molecule has 16 heavy (non-hydrogen) atoms. The Hall–Kier alpha value is -0.150. The first-order chi connectivity index (χ1) is 7.16. The fourth-order valence-corrected chi connectivity index (χ4v) is 2.57. The van der Waals surface area contributed by atoms with Crippen LogP contribution in [-0.2, 0) is 0 Å². The molecule has 1 saturated carbocycles. The Balaban J connectivity index is 2.51. The van der Waals surface area contributed by atoms with E-state index in [-0.39, 0.29) is 0 Å². The molecule has 0 amide bonds. The molecule has 3 heteroatoms. The van der Waals surface area contributed by atoms with Gasteiger partial charge in [0.15, 0.2) is 0 Å². The lowest BCUT2D eigenvalue weighted by molar-refractivity contribution is 0.118. The molecule has 1 rings (SSSR count). The predicted molar refractivity (Wildman–Crippen MR) is 74.6 cm³/mol. The maximum atomic E-state index is 5.67. The van der Waals surface area contributed by atoms with E-state index in [2.05, 4.69) is 39.6 Å². The van der Waals surface area contributed by atoms with Gasteiger partial charge in [0, 0.05) is 19.0 Å². The summed E-state index contributed by atoms with van der Waals surface area (Å²) in [5.41, 5.74) is 6.40. The van der Waals surface area contributed by atoms with Gasteiger partial charge in [-0.15, -0.1) is 0 Å². The fourth-order valence-electron chi connectivity index (χ4n) is 2.26. The number of nitrogens with two attached hydrogens (primary N) is 1. The molecule has 0 bridgehead atoms. The van der Waals surface area contributed by atoms with Crippen LogP contribution in [0.4, 0.5) is 0 Å². The second kappa shape index (κ2) is 4.61.